The van der Waals surface area contributed by atoms with Gasteiger partial charge in [-0.2, -0.15) is 0 Å². The average molecular weight is 645 g/mol. The quantitative estimate of drug-likeness (QED) is 0.171. The average Bonchev–Trinajstić information content (AvgIpc) is 3.26. The van der Waals surface area contributed by atoms with Crippen LogP contribution in [0.2, 0.25) is 0 Å². The minimum Gasteiger partial charge on any atom is -0.321 e. The van der Waals surface area contributed by atoms with Gasteiger partial charge < -0.3 is 10.6 Å². The van der Waals surface area contributed by atoms with Crippen molar-refractivity contribution in [1.82, 2.24) is 5.32 Å². The lowest BCUT2D eigenvalue weighted by atomic mass is 10.1. The zero-order valence-corrected chi connectivity index (χ0v) is 24.3. The molecule has 1 atom stereocenters. The van der Waals surface area contributed by atoms with Gasteiger partial charge in [-0.25, -0.2) is 9.29 Å². The van der Waals surface area contributed by atoms with Gasteiger partial charge in [-0.15, -0.1) is 11.8 Å². The molecule has 0 aliphatic carbocycles. The summed E-state index contributed by atoms with van der Waals surface area (Å²) in [7, 11) is 0. The van der Waals surface area contributed by atoms with Crippen LogP contribution >= 0.6 is 27.7 Å². The maximum atomic E-state index is 14.4. The molecule has 0 bridgehead atoms. The van der Waals surface area contributed by atoms with Crippen molar-refractivity contribution in [1.29, 1.82) is 0 Å². The first-order valence-corrected chi connectivity index (χ1v) is 14.5. The molecule has 1 fully saturated rings. The Labute approximate surface area is 253 Å². The lowest BCUT2D eigenvalue weighted by Gasteiger charge is -2.15. The molecule has 42 heavy (non-hydrogen) atoms. The van der Waals surface area contributed by atoms with E-state index in [1.165, 1.54) is 40.9 Å². The largest absolute Gasteiger partial charge is 0.321 e. The predicted molar refractivity (Wildman–Crippen MR) is 164 cm³/mol. The SMILES string of the molecule is O=C(Nc1cccc(S[C@@H]2CC(=O)N(c3ccc(Br)cc3)C2=O)c1)/C(=C/c1ccccc1F)NC(=O)c1ccccc1. The zero-order chi connectivity index (χ0) is 29.6. The second-order valence-electron chi connectivity index (χ2n) is 9.24. The number of anilines is 2. The number of benzene rings is 4. The third kappa shape index (κ3) is 6.84. The predicted octanol–water partition coefficient (Wildman–Crippen LogP) is 6.42. The fraction of sp³-hybridized carbons (Fsp3) is 0.0625. The Morgan fingerprint density at radius 2 is 1.62 bits per heavy atom. The van der Waals surface area contributed by atoms with E-state index >= 15 is 0 Å². The maximum absolute atomic E-state index is 14.4. The molecule has 10 heteroatoms. The first kappa shape index (κ1) is 29.0. The minimum absolute atomic E-state index is 0.0389. The number of amides is 4. The molecule has 210 valence electrons. The lowest BCUT2D eigenvalue weighted by molar-refractivity contribution is -0.121. The molecule has 0 saturated carbocycles. The summed E-state index contributed by atoms with van der Waals surface area (Å²) in [6.07, 6.45) is 1.31. The third-order valence-corrected chi connectivity index (χ3v) is 8.00. The number of imide groups is 1. The van der Waals surface area contributed by atoms with Crippen LogP contribution in [0.15, 0.2) is 118 Å². The number of rotatable bonds is 8. The fourth-order valence-electron chi connectivity index (χ4n) is 4.26. The summed E-state index contributed by atoms with van der Waals surface area (Å²) in [6.45, 7) is 0. The monoisotopic (exact) mass is 643 g/mol. The molecular weight excluding hydrogens is 621 g/mol. The van der Waals surface area contributed by atoms with Gasteiger partial charge >= 0.3 is 0 Å². The van der Waals surface area contributed by atoms with Crippen LogP contribution < -0.4 is 15.5 Å². The number of halogens is 2. The van der Waals surface area contributed by atoms with E-state index in [0.717, 1.165) is 4.47 Å². The van der Waals surface area contributed by atoms with Crippen LogP contribution in [0.25, 0.3) is 6.08 Å². The van der Waals surface area contributed by atoms with Crippen LogP contribution in [0.1, 0.15) is 22.3 Å². The van der Waals surface area contributed by atoms with Crippen LogP contribution in [0.3, 0.4) is 0 Å². The second kappa shape index (κ2) is 13.0. The van der Waals surface area contributed by atoms with E-state index in [1.54, 1.807) is 84.9 Å². The molecule has 0 radical (unpaired) electrons. The molecule has 1 saturated heterocycles. The molecular formula is C32H23BrFN3O4S. The Bertz CT molecular complexity index is 1700. The Morgan fingerprint density at radius 3 is 2.36 bits per heavy atom. The van der Waals surface area contributed by atoms with Crippen molar-refractivity contribution >= 4 is 68.8 Å². The van der Waals surface area contributed by atoms with Crippen molar-refractivity contribution in [2.45, 2.75) is 16.6 Å². The highest BCUT2D eigenvalue weighted by Crippen LogP contribution is 2.35. The molecule has 7 nitrogen and oxygen atoms in total. The van der Waals surface area contributed by atoms with Crippen LogP contribution in [0.5, 0.6) is 0 Å². The van der Waals surface area contributed by atoms with Crippen molar-refractivity contribution in [2.24, 2.45) is 0 Å². The van der Waals surface area contributed by atoms with Gasteiger partial charge in [0.25, 0.3) is 11.8 Å². The molecule has 1 aliphatic heterocycles. The van der Waals surface area contributed by atoms with Gasteiger partial charge in [0.2, 0.25) is 11.8 Å². The van der Waals surface area contributed by atoms with Crippen LogP contribution in [0.4, 0.5) is 15.8 Å². The van der Waals surface area contributed by atoms with Crippen molar-refractivity contribution in [3.8, 4) is 0 Å². The summed E-state index contributed by atoms with van der Waals surface area (Å²) in [4.78, 5) is 53.8. The first-order chi connectivity index (χ1) is 20.3. The second-order valence-corrected chi connectivity index (χ2v) is 11.4. The number of nitrogens with zero attached hydrogens (tertiary/aromatic N) is 1. The zero-order valence-electron chi connectivity index (χ0n) is 21.9. The van der Waals surface area contributed by atoms with Crippen LogP contribution in [-0.2, 0) is 14.4 Å². The van der Waals surface area contributed by atoms with Gasteiger partial charge in [-0.1, -0.05) is 58.4 Å². The summed E-state index contributed by atoms with van der Waals surface area (Å²) in [5, 5.41) is 4.69. The molecule has 0 aromatic heterocycles. The van der Waals surface area contributed by atoms with Gasteiger partial charge in [0.15, 0.2) is 0 Å². The van der Waals surface area contributed by atoms with E-state index in [0.29, 0.717) is 21.8 Å². The molecule has 4 aromatic rings. The van der Waals surface area contributed by atoms with E-state index < -0.39 is 22.9 Å². The molecule has 1 aliphatic rings. The lowest BCUT2D eigenvalue weighted by Crippen LogP contribution is -2.31. The Kier molecular flexibility index (Phi) is 8.94. The van der Waals surface area contributed by atoms with E-state index in [2.05, 4.69) is 26.6 Å². The molecule has 1 heterocycles. The molecule has 5 rings (SSSR count). The number of hydrogen-bond acceptors (Lipinski definition) is 5. The third-order valence-electron chi connectivity index (χ3n) is 6.29. The smallest absolute Gasteiger partial charge is 0.272 e. The summed E-state index contributed by atoms with van der Waals surface area (Å²) >= 11 is 4.57. The molecule has 0 unspecified atom stereocenters. The molecule has 4 amide bonds. The van der Waals surface area contributed by atoms with Gasteiger partial charge in [-0.3, -0.25) is 19.2 Å². The Balaban J connectivity index is 1.33. The van der Waals surface area contributed by atoms with Crippen molar-refractivity contribution < 1.29 is 23.6 Å². The topological polar surface area (TPSA) is 95.6 Å². The number of thioether (sulfide) groups is 1. The van der Waals surface area contributed by atoms with Gasteiger partial charge in [0, 0.05) is 32.6 Å². The van der Waals surface area contributed by atoms with E-state index in [-0.39, 0.29) is 29.5 Å². The summed E-state index contributed by atoms with van der Waals surface area (Å²) in [5.74, 6) is -2.36. The van der Waals surface area contributed by atoms with Gasteiger partial charge in [0.1, 0.15) is 11.5 Å². The summed E-state index contributed by atoms with van der Waals surface area (Å²) in [5.41, 5.74) is 1.19. The number of carbonyl (C=O) groups excluding carboxylic acids is 4. The van der Waals surface area contributed by atoms with Crippen molar-refractivity contribution in [3.63, 3.8) is 0 Å². The molecule has 0 spiro atoms. The van der Waals surface area contributed by atoms with E-state index in [1.807, 2.05) is 0 Å². The van der Waals surface area contributed by atoms with Gasteiger partial charge in [-0.05, 0) is 66.7 Å². The maximum Gasteiger partial charge on any atom is 0.272 e. The minimum atomic E-state index is -0.668. The molecule has 2 N–H and O–H groups in total. The number of nitrogens with one attached hydrogen (secondary N) is 2. The summed E-state index contributed by atoms with van der Waals surface area (Å²) in [6, 6.07) is 28.0. The van der Waals surface area contributed by atoms with Crippen LogP contribution in [-0.4, -0.2) is 28.9 Å². The highest BCUT2D eigenvalue weighted by atomic mass is 79.9. The van der Waals surface area contributed by atoms with Crippen molar-refractivity contribution in [2.75, 3.05) is 10.2 Å². The normalized spacial score (nSPS) is 15.0. The van der Waals surface area contributed by atoms with Gasteiger partial charge in [0.05, 0.1) is 10.9 Å². The van der Waals surface area contributed by atoms with E-state index in [4.69, 9.17) is 0 Å². The number of hydrogen-bond donors (Lipinski definition) is 2. The standard InChI is InChI=1S/C32H23BrFN3O4S/c33-22-13-15-24(16-14-22)37-29(38)19-28(32(37)41)42-25-11-6-10-23(18-25)35-31(40)27(17-21-9-4-5-12-26(21)34)36-30(39)20-7-2-1-3-8-20/h1-18,28H,19H2,(H,35,40)(H,36,39)/b27-17-/t28-/m1/s1. The van der Waals surface area contributed by atoms with E-state index in [9.17, 15) is 23.6 Å². The van der Waals surface area contributed by atoms with Crippen molar-refractivity contribution in [3.05, 3.63) is 130 Å². The Hall–Kier alpha value is -4.54. The highest BCUT2D eigenvalue weighted by molar-refractivity contribution is 9.10. The van der Waals surface area contributed by atoms with Crippen LogP contribution in [0, 0.1) is 5.82 Å². The highest BCUT2D eigenvalue weighted by Gasteiger charge is 2.40. The first-order valence-electron chi connectivity index (χ1n) is 12.8. The Morgan fingerprint density at radius 1 is 0.905 bits per heavy atom. The number of carbonyl (C=O) groups is 4. The fourth-order valence-corrected chi connectivity index (χ4v) is 5.63. The molecule has 4 aromatic carbocycles. The summed E-state index contributed by atoms with van der Waals surface area (Å²) < 4.78 is 15.2.